The quantitative estimate of drug-likeness (QED) is 0.788. The molecular formula is C11H17ClN2. The van der Waals surface area contributed by atoms with Crippen molar-refractivity contribution < 1.29 is 0 Å². The molecule has 0 aliphatic heterocycles. The van der Waals surface area contributed by atoms with Gasteiger partial charge in [-0.1, -0.05) is 30.7 Å². The Morgan fingerprint density at radius 3 is 2.79 bits per heavy atom. The molecule has 0 saturated carbocycles. The highest BCUT2D eigenvalue weighted by atomic mass is 35.5. The number of halogens is 1. The average Bonchev–Trinajstić information content (AvgIpc) is 2.17. The van der Waals surface area contributed by atoms with Crippen molar-refractivity contribution in [2.24, 2.45) is 11.7 Å². The highest BCUT2D eigenvalue weighted by Gasteiger charge is 2.02. The zero-order valence-electron chi connectivity index (χ0n) is 8.46. The van der Waals surface area contributed by atoms with Crippen molar-refractivity contribution in [3.63, 3.8) is 0 Å². The van der Waals surface area contributed by atoms with E-state index in [1.54, 1.807) is 0 Å². The van der Waals surface area contributed by atoms with Gasteiger partial charge in [0.1, 0.15) is 0 Å². The molecule has 0 bridgehead atoms. The molecule has 0 aliphatic rings. The van der Waals surface area contributed by atoms with Gasteiger partial charge in [-0.2, -0.15) is 0 Å². The minimum Gasteiger partial charge on any atom is -0.384 e. The van der Waals surface area contributed by atoms with Crippen molar-refractivity contribution in [3.8, 4) is 0 Å². The van der Waals surface area contributed by atoms with Crippen LogP contribution < -0.4 is 11.1 Å². The van der Waals surface area contributed by atoms with Crippen LogP contribution in [-0.2, 0) is 0 Å². The van der Waals surface area contributed by atoms with E-state index < -0.39 is 0 Å². The number of nitrogens with one attached hydrogen (secondary N) is 1. The first-order chi connectivity index (χ1) is 6.74. The summed E-state index contributed by atoms with van der Waals surface area (Å²) in [7, 11) is 0. The summed E-state index contributed by atoms with van der Waals surface area (Å²) in [6.45, 7) is 3.84. The molecule has 1 aromatic carbocycles. The van der Waals surface area contributed by atoms with Crippen LogP contribution in [0.2, 0.25) is 5.02 Å². The van der Waals surface area contributed by atoms with Gasteiger partial charge in [0.05, 0.1) is 10.7 Å². The topological polar surface area (TPSA) is 38.0 Å². The van der Waals surface area contributed by atoms with Crippen molar-refractivity contribution >= 4 is 17.3 Å². The van der Waals surface area contributed by atoms with E-state index in [-0.39, 0.29) is 0 Å². The Morgan fingerprint density at radius 1 is 1.43 bits per heavy atom. The van der Waals surface area contributed by atoms with Gasteiger partial charge in [-0.05, 0) is 31.0 Å². The standard InChI is InChI=1S/C11H17ClN2/c1-9(6-7-13)8-14-11-5-3-2-4-10(11)12/h2-5,9,14H,6-8,13H2,1H3. The van der Waals surface area contributed by atoms with Crippen LogP contribution in [0, 0.1) is 5.92 Å². The number of hydrogen-bond acceptors (Lipinski definition) is 2. The minimum absolute atomic E-state index is 0.580. The summed E-state index contributed by atoms with van der Waals surface area (Å²) < 4.78 is 0. The first-order valence-electron chi connectivity index (χ1n) is 4.92. The summed E-state index contributed by atoms with van der Waals surface area (Å²) in [6.07, 6.45) is 1.04. The third-order valence-corrected chi connectivity index (χ3v) is 2.50. The lowest BCUT2D eigenvalue weighted by atomic mass is 10.1. The monoisotopic (exact) mass is 212 g/mol. The molecular weight excluding hydrogens is 196 g/mol. The number of benzene rings is 1. The lowest BCUT2D eigenvalue weighted by molar-refractivity contribution is 0.568. The number of rotatable bonds is 5. The summed E-state index contributed by atoms with van der Waals surface area (Å²) in [4.78, 5) is 0. The fourth-order valence-corrected chi connectivity index (χ4v) is 1.48. The SMILES string of the molecule is CC(CCN)CNc1ccccc1Cl. The summed E-state index contributed by atoms with van der Waals surface area (Å²) in [5, 5.41) is 4.08. The van der Waals surface area contributed by atoms with Gasteiger partial charge in [0.15, 0.2) is 0 Å². The molecule has 1 unspecified atom stereocenters. The third-order valence-electron chi connectivity index (χ3n) is 2.17. The average molecular weight is 213 g/mol. The fraction of sp³-hybridized carbons (Fsp3) is 0.455. The van der Waals surface area contributed by atoms with Gasteiger partial charge in [0.2, 0.25) is 0 Å². The van der Waals surface area contributed by atoms with Gasteiger partial charge in [-0.25, -0.2) is 0 Å². The molecule has 3 N–H and O–H groups in total. The summed E-state index contributed by atoms with van der Waals surface area (Å²) in [5.41, 5.74) is 6.47. The molecule has 0 fully saturated rings. The number of anilines is 1. The van der Waals surface area contributed by atoms with Crippen LogP contribution >= 0.6 is 11.6 Å². The van der Waals surface area contributed by atoms with Crippen molar-refractivity contribution in [2.75, 3.05) is 18.4 Å². The second kappa shape index (κ2) is 5.89. The molecule has 1 aromatic rings. The van der Waals surface area contributed by atoms with E-state index in [4.69, 9.17) is 17.3 Å². The maximum Gasteiger partial charge on any atom is 0.0637 e. The molecule has 78 valence electrons. The Morgan fingerprint density at radius 2 is 2.14 bits per heavy atom. The number of nitrogens with two attached hydrogens (primary N) is 1. The first kappa shape index (κ1) is 11.3. The predicted octanol–water partition coefficient (Wildman–Crippen LogP) is 2.74. The zero-order chi connectivity index (χ0) is 10.4. The van der Waals surface area contributed by atoms with Crippen molar-refractivity contribution in [3.05, 3.63) is 29.3 Å². The van der Waals surface area contributed by atoms with E-state index in [9.17, 15) is 0 Å². The summed E-state index contributed by atoms with van der Waals surface area (Å²) in [6, 6.07) is 7.77. The molecule has 1 rings (SSSR count). The molecule has 0 spiro atoms. The first-order valence-corrected chi connectivity index (χ1v) is 5.30. The zero-order valence-corrected chi connectivity index (χ0v) is 9.22. The minimum atomic E-state index is 0.580. The molecule has 14 heavy (non-hydrogen) atoms. The molecule has 0 amide bonds. The van der Waals surface area contributed by atoms with E-state index in [2.05, 4.69) is 12.2 Å². The van der Waals surface area contributed by atoms with Gasteiger partial charge in [0, 0.05) is 6.54 Å². The van der Waals surface area contributed by atoms with E-state index in [0.29, 0.717) is 5.92 Å². The Kier molecular flexibility index (Phi) is 4.77. The number of hydrogen-bond donors (Lipinski definition) is 2. The molecule has 0 radical (unpaired) electrons. The van der Waals surface area contributed by atoms with Gasteiger partial charge in [-0.3, -0.25) is 0 Å². The van der Waals surface area contributed by atoms with Crippen LogP contribution in [0.5, 0.6) is 0 Å². The van der Waals surface area contributed by atoms with E-state index in [1.165, 1.54) is 0 Å². The van der Waals surface area contributed by atoms with Crippen LogP contribution in [0.25, 0.3) is 0 Å². The molecule has 0 aliphatic carbocycles. The second-order valence-corrected chi connectivity index (χ2v) is 3.95. The van der Waals surface area contributed by atoms with Crippen LogP contribution in [0.15, 0.2) is 24.3 Å². The van der Waals surface area contributed by atoms with Crippen molar-refractivity contribution in [1.29, 1.82) is 0 Å². The second-order valence-electron chi connectivity index (χ2n) is 3.54. The van der Waals surface area contributed by atoms with Crippen LogP contribution in [-0.4, -0.2) is 13.1 Å². The van der Waals surface area contributed by atoms with Crippen LogP contribution in [0.1, 0.15) is 13.3 Å². The summed E-state index contributed by atoms with van der Waals surface area (Å²) >= 11 is 6.00. The van der Waals surface area contributed by atoms with Gasteiger partial charge in [0.25, 0.3) is 0 Å². The Balaban J connectivity index is 2.41. The number of para-hydroxylation sites is 1. The molecule has 0 heterocycles. The maximum atomic E-state index is 6.00. The molecule has 0 saturated heterocycles. The fourth-order valence-electron chi connectivity index (χ4n) is 1.28. The van der Waals surface area contributed by atoms with Crippen LogP contribution in [0.3, 0.4) is 0 Å². The van der Waals surface area contributed by atoms with Gasteiger partial charge >= 0.3 is 0 Å². The van der Waals surface area contributed by atoms with Gasteiger partial charge in [-0.15, -0.1) is 0 Å². The van der Waals surface area contributed by atoms with Gasteiger partial charge < -0.3 is 11.1 Å². The van der Waals surface area contributed by atoms with Crippen molar-refractivity contribution in [2.45, 2.75) is 13.3 Å². The predicted molar refractivity (Wildman–Crippen MR) is 62.8 cm³/mol. The lowest BCUT2D eigenvalue weighted by Gasteiger charge is -2.13. The van der Waals surface area contributed by atoms with E-state index >= 15 is 0 Å². The lowest BCUT2D eigenvalue weighted by Crippen LogP contribution is -2.15. The normalized spacial score (nSPS) is 12.5. The smallest absolute Gasteiger partial charge is 0.0637 e. The summed E-state index contributed by atoms with van der Waals surface area (Å²) in [5.74, 6) is 0.580. The molecule has 0 aromatic heterocycles. The Bertz CT molecular complexity index is 276. The molecule has 1 atom stereocenters. The van der Waals surface area contributed by atoms with Crippen LogP contribution in [0.4, 0.5) is 5.69 Å². The largest absolute Gasteiger partial charge is 0.384 e. The molecule has 3 heteroatoms. The molecule has 2 nitrogen and oxygen atoms in total. The Labute approximate surface area is 90.4 Å². The Hall–Kier alpha value is -0.730. The van der Waals surface area contributed by atoms with E-state index in [1.807, 2.05) is 24.3 Å². The third kappa shape index (κ3) is 3.56. The highest BCUT2D eigenvalue weighted by molar-refractivity contribution is 6.33. The van der Waals surface area contributed by atoms with E-state index in [0.717, 1.165) is 30.2 Å². The maximum absolute atomic E-state index is 6.00. The highest BCUT2D eigenvalue weighted by Crippen LogP contribution is 2.20. The van der Waals surface area contributed by atoms with Crippen molar-refractivity contribution in [1.82, 2.24) is 0 Å².